The summed E-state index contributed by atoms with van der Waals surface area (Å²) in [5.41, 5.74) is 17.8. The summed E-state index contributed by atoms with van der Waals surface area (Å²) in [6.07, 6.45) is 19.7. The zero-order valence-corrected chi connectivity index (χ0v) is 39.3. The summed E-state index contributed by atoms with van der Waals surface area (Å²) in [6.45, 7) is 23.9. The maximum atomic E-state index is 2.75. The number of rotatable bonds is 4. The molecule has 300 valence electrons. The summed E-state index contributed by atoms with van der Waals surface area (Å²) in [7, 11) is 0. The van der Waals surface area contributed by atoms with Crippen molar-refractivity contribution in [2.75, 3.05) is 9.80 Å². The largest absolute Gasteiger partial charge is 0.332 e. The molecule has 4 aliphatic rings. The highest BCUT2D eigenvalue weighted by molar-refractivity contribution is 7.38. The number of hydrogen-bond acceptors (Lipinski definition) is 6. The summed E-state index contributed by atoms with van der Waals surface area (Å²) in [4.78, 5) is 8.44. The van der Waals surface area contributed by atoms with Crippen LogP contribution in [0.15, 0.2) is 102 Å². The van der Waals surface area contributed by atoms with Crippen LogP contribution in [0.1, 0.15) is 110 Å². The van der Waals surface area contributed by atoms with Gasteiger partial charge in [-0.1, -0.05) is 106 Å². The number of hydrogen-bond donors (Lipinski definition) is 0. The molecule has 0 fully saturated rings. The Morgan fingerprint density at radius 3 is 1.86 bits per heavy atom. The van der Waals surface area contributed by atoms with E-state index in [1.165, 1.54) is 111 Å². The first-order valence-electron chi connectivity index (χ1n) is 21.4. The summed E-state index contributed by atoms with van der Waals surface area (Å²) >= 11 is 8.23. The average Bonchev–Trinajstić information content (AvgIpc) is 3.26. The second-order valence-electron chi connectivity index (χ2n) is 17.7. The van der Waals surface area contributed by atoms with Crippen LogP contribution in [0.3, 0.4) is 0 Å². The van der Waals surface area contributed by atoms with Crippen LogP contribution in [-0.4, -0.2) is 6.04 Å². The Bertz CT molecular complexity index is 2910. The number of aryl methyl sites for hydroxylation is 2. The molecular formula is C53H54N2S4. The number of fused-ring (bicyclic) bond motifs is 6. The molecule has 3 unspecified atom stereocenters. The molecule has 3 aliphatic carbocycles. The minimum atomic E-state index is -0.152. The van der Waals surface area contributed by atoms with Crippen molar-refractivity contribution < 1.29 is 0 Å². The Balaban J connectivity index is 1.47. The second kappa shape index (κ2) is 14.5. The van der Waals surface area contributed by atoms with Crippen molar-refractivity contribution in [3.8, 4) is 0 Å². The van der Waals surface area contributed by atoms with Gasteiger partial charge < -0.3 is 9.80 Å². The van der Waals surface area contributed by atoms with Crippen LogP contribution in [0.2, 0.25) is 0 Å². The van der Waals surface area contributed by atoms with Gasteiger partial charge in [-0.2, -0.15) is 0 Å². The smallest absolute Gasteiger partial charge is 0.0838 e. The molecule has 3 atom stereocenters. The predicted molar refractivity (Wildman–Crippen MR) is 265 cm³/mol. The van der Waals surface area contributed by atoms with Gasteiger partial charge in [0.1, 0.15) is 0 Å². The van der Waals surface area contributed by atoms with Gasteiger partial charge in [0.15, 0.2) is 0 Å². The molecule has 2 aromatic heterocycles. The van der Waals surface area contributed by atoms with E-state index in [2.05, 4.69) is 193 Å². The topological polar surface area (TPSA) is 6.48 Å². The van der Waals surface area contributed by atoms with Gasteiger partial charge in [-0.25, -0.2) is 0 Å². The summed E-state index contributed by atoms with van der Waals surface area (Å²) < 4.78 is 8.40. The highest BCUT2D eigenvalue weighted by Gasteiger charge is 2.40. The van der Waals surface area contributed by atoms with Gasteiger partial charge in [0, 0.05) is 30.3 Å². The van der Waals surface area contributed by atoms with E-state index >= 15 is 0 Å². The Morgan fingerprint density at radius 2 is 1.25 bits per heavy atom. The fourth-order valence-electron chi connectivity index (χ4n) is 10.1. The standard InChI is InChI=1S/C53H54N2S4/c1-29-31(3)35(7)47-45(33(29)5)56-49-43(54(37-21-13-11-14-22-37)38-23-15-12-16-24-38)50-52(59-48-36(8)32(4)30(2)34(6)46(48)57-50)44(51(49)58-47)55-41-27-19-17-25-39(41)53(9,10)40-26-18-20-28-42(40)55/h11,13-15,17-21,23-29,33,37H,12,16,22H2,1-10H3. The fourth-order valence-corrected chi connectivity index (χ4v) is 16.3. The summed E-state index contributed by atoms with van der Waals surface area (Å²) in [6, 6.07) is 18.7. The third kappa shape index (κ3) is 5.80. The van der Waals surface area contributed by atoms with Crippen molar-refractivity contribution >= 4 is 102 Å². The number of benzene rings is 4. The van der Waals surface area contributed by atoms with E-state index < -0.39 is 0 Å². The third-order valence-corrected chi connectivity index (χ3v) is 20.2. The molecule has 0 saturated carbocycles. The van der Waals surface area contributed by atoms with Crippen LogP contribution < -0.4 is 9.80 Å². The zero-order chi connectivity index (χ0) is 41.1. The third-order valence-electron chi connectivity index (χ3n) is 14.3. The van der Waals surface area contributed by atoms with Crippen molar-refractivity contribution in [2.45, 2.75) is 106 Å². The summed E-state index contributed by atoms with van der Waals surface area (Å²) in [5.74, 6) is 0.925. The summed E-state index contributed by atoms with van der Waals surface area (Å²) in [5, 5.41) is 0. The van der Waals surface area contributed by atoms with Gasteiger partial charge in [0.05, 0.1) is 47.6 Å². The van der Waals surface area contributed by atoms with Crippen LogP contribution in [0.5, 0.6) is 0 Å². The minimum absolute atomic E-state index is 0.152. The van der Waals surface area contributed by atoms with Gasteiger partial charge in [-0.15, -0.1) is 45.3 Å². The fraction of sp³-hybridized carbons (Fsp3) is 0.321. The predicted octanol–water partition coefficient (Wildman–Crippen LogP) is 17.3. The number of nitrogens with zero attached hydrogens (tertiary/aromatic N) is 2. The van der Waals surface area contributed by atoms with Crippen LogP contribution >= 0.6 is 45.3 Å². The lowest BCUT2D eigenvalue weighted by atomic mass is 9.73. The first-order valence-corrected chi connectivity index (χ1v) is 24.6. The van der Waals surface area contributed by atoms with E-state index in [-0.39, 0.29) is 11.5 Å². The van der Waals surface area contributed by atoms with E-state index in [1.54, 1.807) is 0 Å². The maximum Gasteiger partial charge on any atom is 0.0838 e. The normalized spacial score (nSPS) is 20.6. The lowest BCUT2D eigenvalue weighted by Gasteiger charge is -2.43. The number of para-hydroxylation sites is 2. The Labute approximate surface area is 366 Å². The molecule has 2 nitrogen and oxygen atoms in total. The molecule has 6 aromatic rings. The molecule has 0 amide bonds. The second-order valence-corrected chi connectivity index (χ2v) is 21.9. The van der Waals surface area contributed by atoms with Crippen LogP contribution in [-0.2, 0) is 5.41 Å². The van der Waals surface area contributed by atoms with Gasteiger partial charge >= 0.3 is 0 Å². The van der Waals surface area contributed by atoms with Gasteiger partial charge in [-0.3, -0.25) is 0 Å². The molecule has 0 N–H and O–H groups in total. The molecular weight excluding hydrogens is 793 g/mol. The van der Waals surface area contributed by atoms with E-state index in [9.17, 15) is 0 Å². The number of anilines is 4. The molecule has 59 heavy (non-hydrogen) atoms. The van der Waals surface area contributed by atoms with E-state index in [0.717, 1.165) is 19.3 Å². The van der Waals surface area contributed by atoms with E-state index in [0.29, 0.717) is 11.8 Å². The lowest BCUT2D eigenvalue weighted by molar-refractivity contribution is 0.561. The molecule has 0 bridgehead atoms. The molecule has 10 rings (SSSR count). The van der Waals surface area contributed by atoms with Crippen molar-refractivity contribution in [2.24, 2.45) is 5.92 Å². The highest BCUT2D eigenvalue weighted by Crippen LogP contribution is 2.61. The SMILES string of the molecule is CC1=C(C)C(C)C(C)c2sc3c(N(C4=CCCC=C4)C4C=CC=CC4)c4sc5c(C)c(C)c(C)c(C)c5sc4c(N4c5ccccc5C(C)(C)c5ccccc54)c3sc21. The first-order chi connectivity index (χ1) is 28.4. The van der Waals surface area contributed by atoms with Gasteiger partial charge in [0.25, 0.3) is 0 Å². The van der Waals surface area contributed by atoms with Crippen LogP contribution in [0, 0.1) is 33.6 Å². The van der Waals surface area contributed by atoms with Crippen molar-refractivity contribution in [1.82, 2.24) is 0 Å². The van der Waals surface area contributed by atoms with Crippen molar-refractivity contribution in [3.63, 3.8) is 0 Å². The van der Waals surface area contributed by atoms with E-state index in [1.807, 2.05) is 22.7 Å². The maximum absolute atomic E-state index is 2.75. The molecule has 0 spiro atoms. The molecule has 3 heterocycles. The Morgan fingerprint density at radius 1 is 0.644 bits per heavy atom. The zero-order valence-electron chi connectivity index (χ0n) is 36.0. The Kier molecular flexibility index (Phi) is 9.56. The quantitative estimate of drug-likeness (QED) is 0.163. The minimum Gasteiger partial charge on any atom is -0.332 e. The molecule has 6 heteroatoms. The van der Waals surface area contributed by atoms with Crippen LogP contribution in [0.25, 0.3) is 33.8 Å². The number of allylic oxidation sites excluding steroid dienone is 7. The van der Waals surface area contributed by atoms with E-state index in [4.69, 9.17) is 0 Å². The first kappa shape index (κ1) is 39.0. The van der Waals surface area contributed by atoms with Gasteiger partial charge in [-0.05, 0) is 130 Å². The molecule has 1 aliphatic heterocycles. The molecule has 0 radical (unpaired) electrons. The Hall–Kier alpha value is -4.20. The lowest BCUT2D eigenvalue weighted by Crippen LogP contribution is -2.34. The average molecular weight is 847 g/mol. The van der Waals surface area contributed by atoms with Crippen molar-refractivity contribution in [3.05, 3.63) is 145 Å². The van der Waals surface area contributed by atoms with Crippen molar-refractivity contribution in [1.29, 1.82) is 0 Å². The molecule has 0 saturated heterocycles. The highest BCUT2D eigenvalue weighted by atomic mass is 32.1. The van der Waals surface area contributed by atoms with Gasteiger partial charge in [0.2, 0.25) is 0 Å². The van der Waals surface area contributed by atoms with Crippen LogP contribution in [0.4, 0.5) is 22.7 Å². The molecule has 4 aromatic carbocycles. The monoisotopic (exact) mass is 846 g/mol.